The Balaban J connectivity index is 1.93. The highest BCUT2D eigenvalue weighted by Gasteiger charge is 2.23. The third kappa shape index (κ3) is 8.26. The number of phenolic OH excluding ortho intramolecular Hbond substituents is 1. The van der Waals surface area contributed by atoms with E-state index in [0.29, 0.717) is 0 Å². The zero-order valence-corrected chi connectivity index (χ0v) is 18.1. The van der Waals surface area contributed by atoms with Gasteiger partial charge in [0.15, 0.2) is 0 Å². The number of phenols is 1. The van der Waals surface area contributed by atoms with Crippen LogP contribution in [0.4, 0.5) is 0 Å². The van der Waals surface area contributed by atoms with Crippen molar-refractivity contribution in [1.82, 2.24) is 16.0 Å². The predicted octanol–water partition coefficient (Wildman–Crippen LogP) is 0.876. The Hall–Kier alpha value is -4.41. The van der Waals surface area contributed by atoms with Gasteiger partial charge in [-0.25, -0.2) is 4.79 Å². The average molecular weight is 471 g/mol. The summed E-state index contributed by atoms with van der Waals surface area (Å²) in [5.74, 6) is -4.94. The molecule has 0 fully saturated rings. The third-order valence-corrected chi connectivity index (χ3v) is 4.70. The molecule has 0 spiro atoms. The second-order valence-corrected chi connectivity index (χ2v) is 7.32. The first-order valence-corrected chi connectivity index (χ1v) is 10.3. The third-order valence-electron chi connectivity index (χ3n) is 4.70. The molecule has 2 rings (SSSR count). The van der Waals surface area contributed by atoms with Crippen LogP contribution in [-0.4, -0.2) is 57.6 Å². The molecule has 34 heavy (non-hydrogen) atoms. The van der Waals surface area contributed by atoms with Gasteiger partial charge in [-0.2, -0.15) is 0 Å². The summed E-state index contributed by atoms with van der Waals surface area (Å²) < 4.78 is 0. The molecule has 1 atom stereocenters. The molecule has 0 saturated carbocycles. The van der Waals surface area contributed by atoms with Gasteiger partial charge in [-0.3, -0.25) is 19.2 Å². The van der Waals surface area contributed by atoms with E-state index in [2.05, 4.69) is 16.0 Å². The highest BCUT2D eigenvalue weighted by molar-refractivity contribution is 6.01. The van der Waals surface area contributed by atoms with Crippen molar-refractivity contribution in [2.24, 2.45) is 0 Å². The molecule has 11 heteroatoms. The molecule has 2 aromatic carbocycles. The highest BCUT2D eigenvalue weighted by Crippen LogP contribution is 2.19. The van der Waals surface area contributed by atoms with Gasteiger partial charge in [-0.1, -0.05) is 30.3 Å². The lowest BCUT2D eigenvalue weighted by Gasteiger charge is -2.16. The van der Waals surface area contributed by atoms with Gasteiger partial charge in [0.2, 0.25) is 5.91 Å². The van der Waals surface area contributed by atoms with Crippen LogP contribution in [0.25, 0.3) is 0 Å². The van der Waals surface area contributed by atoms with Gasteiger partial charge in [0, 0.05) is 31.5 Å². The van der Waals surface area contributed by atoms with Crippen LogP contribution in [0.1, 0.15) is 45.5 Å². The smallest absolute Gasteiger partial charge is 0.328 e. The van der Waals surface area contributed by atoms with Crippen molar-refractivity contribution >= 4 is 29.7 Å². The molecule has 3 amide bonds. The number of nitrogens with one attached hydrogen (secondary N) is 3. The van der Waals surface area contributed by atoms with Gasteiger partial charge in [0.05, 0.1) is 5.56 Å². The maximum atomic E-state index is 12.5. The van der Waals surface area contributed by atoms with Crippen molar-refractivity contribution < 1.29 is 39.3 Å². The van der Waals surface area contributed by atoms with Gasteiger partial charge in [-0.05, 0) is 30.2 Å². The van der Waals surface area contributed by atoms with E-state index >= 15 is 0 Å². The predicted molar refractivity (Wildman–Crippen MR) is 119 cm³/mol. The summed E-state index contributed by atoms with van der Waals surface area (Å²) >= 11 is 0. The zero-order chi connectivity index (χ0) is 25.1. The summed E-state index contributed by atoms with van der Waals surface area (Å²) in [6, 6.07) is 11.3. The van der Waals surface area contributed by atoms with E-state index in [-0.39, 0.29) is 36.9 Å². The van der Waals surface area contributed by atoms with Gasteiger partial charge < -0.3 is 31.3 Å². The monoisotopic (exact) mass is 471 g/mol. The number of rotatable bonds is 12. The molecule has 11 nitrogen and oxygen atoms in total. The SMILES string of the molecule is O=C(O)CCCC(=O)NCC(NC(=O)c1ccc(C(=O)NCc2ccccc2)cc1O)C(=O)O. The van der Waals surface area contributed by atoms with Gasteiger partial charge >= 0.3 is 11.9 Å². The van der Waals surface area contributed by atoms with Gasteiger partial charge in [0.1, 0.15) is 11.8 Å². The van der Waals surface area contributed by atoms with Gasteiger partial charge in [0.25, 0.3) is 11.8 Å². The molecular weight excluding hydrogens is 446 g/mol. The lowest BCUT2D eigenvalue weighted by Crippen LogP contribution is -2.48. The summed E-state index contributed by atoms with van der Waals surface area (Å²) in [4.78, 5) is 58.4. The van der Waals surface area contributed by atoms with Crippen molar-refractivity contribution in [1.29, 1.82) is 0 Å². The molecule has 0 heterocycles. The summed E-state index contributed by atoms with van der Waals surface area (Å²) in [6.07, 6.45) is -0.225. The first-order chi connectivity index (χ1) is 16.2. The minimum Gasteiger partial charge on any atom is -0.507 e. The fraction of sp³-hybridized carbons (Fsp3) is 0.261. The Morgan fingerprint density at radius 3 is 2.18 bits per heavy atom. The molecule has 0 bridgehead atoms. The quantitative estimate of drug-likeness (QED) is 0.264. The molecule has 1 unspecified atom stereocenters. The second kappa shape index (κ2) is 12.6. The van der Waals surface area contributed by atoms with Crippen LogP contribution in [-0.2, 0) is 20.9 Å². The number of carbonyl (C=O) groups excluding carboxylic acids is 3. The van der Waals surface area contributed by atoms with Gasteiger partial charge in [-0.15, -0.1) is 0 Å². The van der Waals surface area contributed by atoms with E-state index in [1.165, 1.54) is 12.1 Å². The lowest BCUT2D eigenvalue weighted by molar-refractivity contribution is -0.139. The maximum absolute atomic E-state index is 12.5. The normalized spacial score (nSPS) is 11.2. The summed E-state index contributed by atoms with van der Waals surface area (Å²) in [5, 5.41) is 35.3. The minimum absolute atomic E-state index is 0.0877. The topological polar surface area (TPSA) is 182 Å². The van der Waals surface area contributed by atoms with E-state index in [4.69, 9.17) is 5.11 Å². The molecule has 2 aromatic rings. The number of hydrogen-bond acceptors (Lipinski definition) is 6. The first kappa shape index (κ1) is 25.8. The Kier molecular flexibility index (Phi) is 9.56. The second-order valence-electron chi connectivity index (χ2n) is 7.32. The van der Waals surface area contributed by atoms with E-state index in [0.717, 1.165) is 11.6 Å². The molecule has 0 aliphatic heterocycles. The van der Waals surface area contributed by atoms with Crippen LogP contribution in [0.2, 0.25) is 0 Å². The molecule has 0 aliphatic rings. The van der Waals surface area contributed by atoms with E-state index in [9.17, 15) is 34.2 Å². The maximum Gasteiger partial charge on any atom is 0.328 e. The zero-order valence-electron chi connectivity index (χ0n) is 18.1. The van der Waals surface area contributed by atoms with Crippen molar-refractivity contribution in [2.45, 2.75) is 31.8 Å². The number of aliphatic carboxylic acids is 2. The summed E-state index contributed by atoms with van der Waals surface area (Å²) in [7, 11) is 0. The van der Waals surface area contributed by atoms with Crippen molar-refractivity contribution in [3.05, 3.63) is 65.2 Å². The molecule has 0 aromatic heterocycles. The van der Waals surface area contributed by atoms with Crippen LogP contribution in [0.15, 0.2) is 48.5 Å². The molecule has 180 valence electrons. The number of amides is 3. The lowest BCUT2D eigenvalue weighted by atomic mass is 10.1. The van der Waals surface area contributed by atoms with Crippen molar-refractivity contribution in [3.63, 3.8) is 0 Å². The minimum atomic E-state index is -1.50. The van der Waals surface area contributed by atoms with Crippen molar-refractivity contribution in [3.8, 4) is 5.75 Å². The van der Waals surface area contributed by atoms with Crippen LogP contribution in [0, 0.1) is 0 Å². The Morgan fingerprint density at radius 2 is 1.56 bits per heavy atom. The number of benzene rings is 2. The highest BCUT2D eigenvalue weighted by atomic mass is 16.4. The van der Waals surface area contributed by atoms with Crippen LogP contribution >= 0.6 is 0 Å². The molecule has 6 N–H and O–H groups in total. The van der Waals surface area contributed by atoms with Crippen LogP contribution < -0.4 is 16.0 Å². The number of hydrogen-bond donors (Lipinski definition) is 6. The Bertz CT molecular complexity index is 1060. The van der Waals surface area contributed by atoms with Crippen LogP contribution in [0.3, 0.4) is 0 Å². The molecule has 0 saturated heterocycles. The van der Waals surface area contributed by atoms with Crippen molar-refractivity contribution in [2.75, 3.05) is 6.54 Å². The number of carboxylic acids is 2. The Labute approximate surface area is 194 Å². The average Bonchev–Trinajstić information content (AvgIpc) is 2.80. The first-order valence-electron chi connectivity index (χ1n) is 10.3. The van der Waals surface area contributed by atoms with E-state index in [1.807, 2.05) is 30.3 Å². The number of aromatic hydroxyl groups is 1. The fourth-order valence-electron chi connectivity index (χ4n) is 2.89. The summed E-state index contributed by atoms with van der Waals surface area (Å²) in [6.45, 7) is -0.168. The fourth-order valence-corrected chi connectivity index (χ4v) is 2.89. The van der Waals surface area contributed by atoms with E-state index in [1.54, 1.807) is 0 Å². The van der Waals surface area contributed by atoms with E-state index < -0.39 is 48.0 Å². The number of carboxylic acid groups (broad SMARTS) is 2. The molecular formula is C23H25N3O8. The standard InChI is InChI=1S/C23H25N3O8/c27-18-11-15(21(31)25-12-14-5-2-1-3-6-14)9-10-16(18)22(32)26-17(23(33)34)13-24-19(28)7-4-8-20(29)30/h1-3,5-6,9-11,17,27H,4,7-8,12-13H2,(H,24,28)(H,25,31)(H,26,32)(H,29,30)(H,33,34). The Morgan fingerprint density at radius 1 is 0.853 bits per heavy atom. The molecule has 0 aliphatic carbocycles. The van der Waals surface area contributed by atoms with Crippen LogP contribution in [0.5, 0.6) is 5.75 Å². The summed E-state index contributed by atoms with van der Waals surface area (Å²) in [5.41, 5.74) is 0.733. The largest absolute Gasteiger partial charge is 0.507 e. The number of carbonyl (C=O) groups is 5. The molecule has 0 radical (unpaired) electrons.